The molecule has 2 aliphatic rings. The normalized spacial score (nSPS) is 23.9. The first kappa shape index (κ1) is 18.1. The van der Waals surface area contributed by atoms with Gasteiger partial charge in [-0.05, 0) is 29.8 Å². The molecule has 2 aliphatic heterocycles. The van der Waals surface area contributed by atoms with E-state index in [1.807, 2.05) is 17.2 Å². The average Bonchev–Trinajstić information content (AvgIpc) is 3.00. The molecule has 1 N–H and O–H groups in total. The Morgan fingerprint density at radius 1 is 1.30 bits per heavy atom. The molecule has 0 radical (unpaired) electrons. The summed E-state index contributed by atoms with van der Waals surface area (Å²) >= 11 is 0. The van der Waals surface area contributed by atoms with E-state index in [1.54, 1.807) is 23.0 Å². The minimum atomic E-state index is -0.812. The van der Waals surface area contributed by atoms with Gasteiger partial charge in [0.05, 0.1) is 25.4 Å². The summed E-state index contributed by atoms with van der Waals surface area (Å²) in [5.41, 5.74) is 1.71. The number of hydrogen-bond donors (Lipinski definition) is 1. The molecule has 0 amide bonds. The van der Waals surface area contributed by atoms with Crippen molar-refractivity contribution in [3.05, 3.63) is 48.0 Å². The third-order valence-corrected chi connectivity index (χ3v) is 5.18. The molecular formula is C19H23FN4O3. The van der Waals surface area contributed by atoms with Crippen LogP contribution in [0.15, 0.2) is 36.7 Å². The molecule has 0 unspecified atom stereocenters. The lowest BCUT2D eigenvalue weighted by Gasteiger charge is -2.31. The quantitative estimate of drug-likeness (QED) is 0.849. The van der Waals surface area contributed by atoms with E-state index in [-0.39, 0.29) is 24.3 Å². The van der Waals surface area contributed by atoms with Gasteiger partial charge in [0.2, 0.25) is 0 Å². The summed E-state index contributed by atoms with van der Waals surface area (Å²) in [6.07, 6.45) is 3.54. The van der Waals surface area contributed by atoms with E-state index in [0.717, 1.165) is 17.8 Å². The third kappa shape index (κ3) is 4.18. The molecule has 3 heterocycles. The van der Waals surface area contributed by atoms with Gasteiger partial charge in [0, 0.05) is 50.5 Å². The molecule has 144 valence electrons. The van der Waals surface area contributed by atoms with Crippen LogP contribution in [0, 0.1) is 11.7 Å². The maximum Gasteiger partial charge on any atom is 0.317 e. The highest BCUT2D eigenvalue weighted by atomic mass is 19.1. The number of ether oxygens (including phenoxy) is 1. The molecule has 0 spiro atoms. The minimum Gasteiger partial charge on any atom is -0.480 e. The first-order chi connectivity index (χ1) is 13.1. The number of rotatable bonds is 5. The topological polar surface area (TPSA) is 70.8 Å². The first-order valence-corrected chi connectivity index (χ1v) is 9.13. The SMILES string of the molecule is O=C(O)CN1C[C@@H]2COC[C@H](C1)N(Cc1cc(F)ccc1-n1cccn1)C2. The van der Waals surface area contributed by atoms with Crippen LogP contribution in [0.2, 0.25) is 0 Å². The molecule has 2 atom stereocenters. The summed E-state index contributed by atoms with van der Waals surface area (Å²) in [5, 5.41) is 13.4. The fourth-order valence-electron chi connectivity index (χ4n) is 4.07. The fourth-order valence-corrected chi connectivity index (χ4v) is 4.07. The standard InChI is InChI=1S/C19H23FN4O3/c20-16-2-3-18(24-5-1-4-21-24)15(6-16)9-23-8-14-7-22(11-19(25)26)10-17(23)13-27-12-14/h1-6,14,17H,7-13H2,(H,25,26)/t14-,17-/m0/s1. The number of hydrogen-bond acceptors (Lipinski definition) is 5. The van der Waals surface area contributed by atoms with Gasteiger partial charge in [0.25, 0.3) is 0 Å². The molecule has 0 aliphatic carbocycles. The van der Waals surface area contributed by atoms with E-state index < -0.39 is 5.97 Å². The minimum absolute atomic E-state index is 0.0410. The van der Waals surface area contributed by atoms with Gasteiger partial charge in [-0.25, -0.2) is 9.07 Å². The van der Waals surface area contributed by atoms with Crippen LogP contribution in [0.1, 0.15) is 5.56 Å². The van der Waals surface area contributed by atoms with Crippen molar-refractivity contribution >= 4 is 5.97 Å². The highest BCUT2D eigenvalue weighted by Crippen LogP contribution is 2.24. The van der Waals surface area contributed by atoms with Crippen molar-refractivity contribution in [1.82, 2.24) is 19.6 Å². The van der Waals surface area contributed by atoms with Crippen LogP contribution in [-0.4, -0.2) is 76.1 Å². The molecule has 2 bridgehead atoms. The predicted molar refractivity (Wildman–Crippen MR) is 96.1 cm³/mol. The molecule has 4 rings (SSSR count). The van der Waals surface area contributed by atoms with Gasteiger partial charge in [-0.2, -0.15) is 5.10 Å². The molecule has 2 aromatic rings. The Labute approximate surface area is 156 Å². The van der Waals surface area contributed by atoms with Gasteiger partial charge in [-0.3, -0.25) is 14.6 Å². The van der Waals surface area contributed by atoms with Crippen LogP contribution >= 0.6 is 0 Å². The van der Waals surface area contributed by atoms with Crippen molar-refractivity contribution in [2.24, 2.45) is 5.92 Å². The van der Waals surface area contributed by atoms with Gasteiger partial charge < -0.3 is 9.84 Å². The van der Waals surface area contributed by atoms with Gasteiger partial charge in [0.1, 0.15) is 5.82 Å². The Morgan fingerprint density at radius 3 is 2.96 bits per heavy atom. The van der Waals surface area contributed by atoms with Crippen LogP contribution in [0.4, 0.5) is 4.39 Å². The van der Waals surface area contributed by atoms with E-state index >= 15 is 0 Å². The number of carboxylic acid groups (broad SMARTS) is 1. The van der Waals surface area contributed by atoms with E-state index in [4.69, 9.17) is 9.84 Å². The van der Waals surface area contributed by atoms with Gasteiger partial charge in [-0.15, -0.1) is 0 Å². The van der Waals surface area contributed by atoms with Gasteiger partial charge in [-0.1, -0.05) is 0 Å². The molecule has 2 saturated heterocycles. The highest BCUT2D eigenvalue weighted by molar-refractivity contribution is 5.69. The Morgan fingerprint density at radius 2 is 2.19 bits per heavy atom. The number of fused-ring (bicyclic) bond motifs is 3. The number of halogens is 1. The summed E-state index contributed by atoms with van der Waals surface area (Å²) in [6, 6.07) is 6.66. The average molecular weight is 374 g/mol. The summed E-state index contributed by atoms with van der Waals surface area (Å²) in [7, 11) is 0. The van der Waals surface area contributed by atoms with Crippen LogP contribution in [0.5, 0.6) is 0 Å². The molecule has 1 aromatic carbocycles. The number of aliphatic carboxylic acids is 1. The van der Waals surface area contributed by atoms with Crippen LogP contribution < -0.4 is 0 Å². The number of carbonyl (C=O) groups is 1. The van der Waals surface area contributed by atoms with Crippen molar-refractivity contribution < 1.29 is 19.0 Å². The van der Waals surface area contributed by atoms with Crippen molar-refractivity contribution in [2.45, 2.75) is 12.6 Å². The monoisotopic (exact) mass is 374 g/mol. The van der Waals surface area contributed by atoms with Crippen LogP contribution in [-0.2, 0) is 16.1 Å². The lowest BCUT2D eigenvalue weighted by atomic mass is 10.1. The second kappa shape index (κ2) is 7.75. The Kier molecular flexibility index (Phi) is 5.20. The van der Waals surface area contributed by atoms with Gasteiger partial charge in [0.15, 0.2) is 0 Å². The summed E-state index contributed by atoms with van der Waals surface area (Å²) in [4.78, 5) is 15.4. The number of carboxylic acids is 1. The van der Waals surface area contributed by atoms with Crippen molar-refractivity contribution in [2.75, 3.05) is 39.4 Å². The first-order valence-electron chi connectivity index (χ1n) is 9.13. The van der Waals surface area contributed by atoms with Crippen molar-refractivity contribution in [3.8, 4) is 5.69 Å². The van der Waals surface area contributed by atoms with E-state index in [0.29, 0.717) is 32.8 Å². The number of aromatic nitrogens is 2. The second-order valence-electron chi connectivity index (χ2n) is 7.30. The van der Waals surface area contributed by atoms with E-state index in [9.17, 15) is 9.18 Å². The predicted octanol–water partition coefficient (Wildman–Crippen LogP) is 1.23. The lowest BCUT2D eigenvalue weighted by Crippen LogP contribution is -2.45. The lowest BCUT2D eigenvalue weighted by molar-refractivity contribution is -0.138. The smallest absolute Gasteiger partial charge is 0.317 e. The second-order valence-corrected chi connectivity index (χ2v) is 7.30. The third-order valence-electron chi connectivity index (χ3n) is 5.18. The molecule has 0 saturated carbocycles. The maximum atomic E-state index is 14.0. The van der Waals surface area contributed by atoms with Gasteiger partial charge >= 0.3 is 5.97 Å². The summed E-state index contributed by atoms with van der Waals surface area (Å²) in [6.45, 7) is 3.93. The zero-order chi connectivity index (χ0) is 18.8. The highest BCUT2D eigenvalue weighted by Gasteiger charge is 2.34. The maximum absolute atomic E-state index is 14.0. The van der Waals surface area contributed by atoms with Crippen LogP contribution in [0.25, 0.3) is 5.69 Å². The molecular weight excluding hydrogens is 351 g/mol. The van der Waals surface area contributed by atoms with Crippen molar-refractivity contribution in [3.63, 3.8) is 0 Å². The fraction of sp³-hybridized carbons (Fsp3) is 0.474. The molecule has 27 heavy (non-hydrogen) atoms. The zero-order valence-electron chi connectivity index (χ0n) is 15.0. The molecule has 2 fully saturated rings. The Bertz CT molecular complexity index is 798. The number of benzene rings is 1. The van der Waals surface area contributed by atoms with Crippen molar-refractivity contribution in [1.29, 1.82) is 0 Å². The zero-order valence-corrected chi connectivity index (χ0v) is 15.0. The molecule has 8 heteroatoms. The van der Waals surface area contributed by atoms with E-state index in [1.165, 1.54) is 6.07 Å². The largest absolute Gasteiger partial charge is 0.480 e. The Balaban J connectivity index is 1.59. The number of nitrogens with zero attached hydrogens (tertiary/aromatic N) is 4. The Hall–Kier alpha value is -2.29. The summed E-state index contributed by atoms with van der Waals surface area (Å²) in [5.74, 6) is -0.852. The molecule has 7 nitrogen and oxygen atoms in total. The molecule has 1 aromatic heterocycles. The summed E-state index contributed by atoms with van der Waals surface area (Å²) < 4.78 is 21.5. The van der Waals surface area contributed by atoms with E-state index in [2.05, 4.69) is 10.00 Å². The van der Waals surface area contributed by atoms with Crippen LogP contribution in [0.3, 0.4) is 0 Å².